The molecule has 4 aliphatic heterocycles. The maximum absolute atomic E-state index is 14.1. The Morgan fingerprint density at radius 3 is 2.41 bits per heavy atom. The number of amides is 4. The molecule has 0 spiro atoms. The Balaban J connectivity index is 1.13. The summed E-state index contributed by atoms with van der Waals surface area (Å²) in [5, 5.41) is 4.66. The smallest absolute Gasteiger partial charge is 0.397 e. The van der Waals surface area contributed by atoms with Gasteiger partial charge in [0, 0.05) is 62.7 Å². The molecule has 0 aliphatic carbocycles. The molecule has 1 aromatic heterocycles. The Hall–Kier alpha value is -3.07. The van der Waals surface area contributed by atoms with Crippen molar-refractivity contribution in [1.29, 1.82) is 0 Å². The number of likely N-dealkylation sites (N-methyl/N-ethyl adjacent to an activating group) is 1. The first-order chi connectivity index (χ1) is 23.4. The van der Waals surface area contributed by atoms with E-state index in [9.17, 15) is 27.6 Å². The van der Waals surface area contributed by atoms with Crippen LogP contribution in [0.15, 0.2) is 23.6 Å². The number of benzene rings is 1. The number of nitrogens with zero attached hydrogens (tertiary/aromatic N) is 5. The fraction of sp³-hybridized carbons (Fsp3) is 0.618. The molecule has 1 unspecified atom stereocenters. The molecule has 2 aromatic rings. The number of nitrogens with one attached hydrogen (secondary N) is 1. The third-order valence-electron chi connectivity index (χ3n) is 10.6. The van der Waals surface area contributed by atoms with Gasteiger partial charge in [0.2, 0.25) is 11.8 Å². The number of anilines is 2. The summed E-state index contributed by atoms with van der Waals surface area (Å²) in [4.78, 5) is 51.9. The molecule has 15 heteroatoms. The highest BCUT2D eigenvalue weighted by Gasteiger charge is 2.38. The van der Waals surface area contributed by atoms with Crippen LogP contribution in [0.1, 0.15) is 54.5 Å². The van der Waals surface area contributed by atoms with Gasteiger partial charge in [-0.25, -0.2) is 4.79 Å². The van der Waals surface area contributed by atoms with E-state index in [1.807, 2.05) is 16.3 Å². The van der Waals surface area contributed by atoms with Gasteiger partial charge in [0.05, 0.1) is 34.4 Å². The number of fused-ring (bicyclic) bond motifs is 1. The van der Waals surface area contributed by atoms with Gasteiger partial charge in [-0.2, -0.15) is 13.2 Å². The first kappa shape index (κ1) is 35.7. The Morgan fingerprint density at radius 2 is 1.69 bits per heavy atom. The zero-order valence-corrected chi connectivity index (χ0v) is 29.4. The van der Waals surface area contributed by atoms with Crippen LogP contribution in [-0.4, -0.2) is 114 Å². The molecule has 0 saturated carbocycles. The molecular weight excluding hydrogens is 679 g/mol. The lowest BCUT2D eigenvalue weighted by Crippen LogP contribution is -2.51. The highest BCUT2D eigenvalue weighted by Crippen LogP contribution is 2.39. The van der Waals surface area contributed by atoms with Crippen molar-refractivity contribution in [2.45, 2.75) is 69.8 Å². The second-order valence-electron chi connectivity index (χ2n) is 13.8. The average Bonchev–Trinajstić information content (AvgIpc) is 3.42. The number of nitrogen functional groups attached to an aromatic ring is 1. The maximum Gasteiger partial charge on any atom is 0.418 e. The molecule has 49 heavy (non-hydrogen) atoms. The van der Waals surface area contributed by atoms with Crippen LogP contribution in [0.5, 0.6) is 0 Å². The van der Waals surface area contributed by atoms with Gasteiger partial charge in [0.15, 0.2) is 0 Å². The van der Waals surface area contributed by atoms with Gasteiger partial charge in [0.1, 0.15) is 0 Å². The van der Waals surface area contributed by atoms with Crippen molar-refractivity contribution in [1.82, 2.24) is 24.5 Å². The predicted molar refractivity (Wildman–Crippen MR) is 184 cm³/mol. The van der Waals surface area contributed by atoms with Gasteiger partial charge in [-0.3, -0.25) is 14.5 Å². The lowest BCUT2D eigenvalue weighted by Gasteiger charge is -2.41. The van der Waals surface area contributed by atoms with E-state index in [1.54, 1.807) is 21.1 Å². The van der Waals surface area contributed by atoms with Gasteiger partial charge in [-0.15, -0.1) is 11.3 Å². The van der Waals surface area contributed by atoms with Gasteiger partial charge in [-0.05, 0) is 87.8 Å². The summed E-state index contributed by atoms with van der Waals surface area (Å²) in [5.74, 6) is -1.31. The second-order valence-corrected chi connectivity index (χ2v) is 15.2. The number of hydrogen-bond acceptors (Lipinski definition) is 7. The molecule has 268 valence electrons. The van der Waals surface area contributed by atoms with E-state index in [2.05, 4.69) is 22.2 Å². The van der Waals surface area contributed by atoms with E-state index in [0.717, 1.165) is 62.1 Å². The zero-order valence-electron chi connectivity index (χ0n) is 27.8. The van der Waals surface area contributed by atoms with Crippen molar-refractivity contribution in [3.05, 3.63) is 44.6 Å². The summed E-state index contributed by atoms with van der Waals surface area (Å²) in [6.45, 7) is 6.53. The average molecular weight is 724 g/mol. The van der Waals surface area contributed by atoms with Crippen LogP contribution in [-0.2, 0) is 28.7 Å². The summed E-state index contributed by atoms with van der Waals surface area (Å²) in [6, 6.07) is 4.41. The van der Waals surface area contributed by atoms with E-state index in [1.165, 1.54) is 6.07 Å². The molecule has 3 saturated heterocycles. The van der Waals surface area contributed by atoms with Crippen molar-refractivity contribution in [2.24, 2.45) is 5.92 Å². The number of nitrogens with two attached hydrogens (primary N) is 1. The molecule has 5 heterocycles. The quantitative estimate of drug-likeness (QED) is 0.380. The van der Waals surface area contributed by atoms with Crippen LogP contribution in [0, 0.1) is 5.92 Å². The van der Waals surface area contributed by atoms with Crippen molar-refractivity contribution in [3.8, 4) is 0 Å². The van der Waals surface area contributed by atoms with E-state index < -0.39 is 23.3 Å². The number of likely N-dealkylation sites (tertiary alicyclic amines) is 2. The normalized spacial score (nSPS) is 21.3. The maximum atomic E-state index is 14.1. The van der Waals surface area contributed by atoms with Crippen LogP contribution in [0.2, 0.25) is 5.02 Å². The predicted octanol–water partition coefficient (Wildman–Crippen LogP) is 5.22. The number of urea groups is 1. The number of hydrogen-bond donors (Lipinski definition) is 2. The van der Waals surface area contributed by atoms with Gasteiger partial charge in [-0.1, -0.05) is 11.6 Å². The number of piperidine rings is 2. The molecular formula is C34H45ClF3N7O3S. The molecule has 1 atom stereocenters. The molecule has 0 radical (unpaired) electrons. The summed E-state index contributed by atoms with van der Waals surface area (Å²) < 4.78 is 41.5. The van der Waals surface area contributed by atoms with E-state index in [4.69, 9.17) is 17.3 Å². The van der Waals surface area contributed by atoms with Crippen LogP contribution in [0.3, 0.4) is 0 Å². The van der Waals surface area contributed by atoms with Crippen molar-refractivity contribution in [3.63, 3.8) is 0 Å². The first-order valence-electron chi connectivity index (χ1n) is 17.2. The standard InChI is InChI=1S/C34H45ClF3N7O3S/c1-41-8-2-9-42(15-14-41)24-3-12-44(13-4-24)32(47)23(17-22-18-26(34(36,37)38)31(39)27(35)19-22)20-30(46)43-10-5-25(6-11-43)45-21-29-28(7-16-49-29)40-33(45)48/h7,16,18-19,23-25H,2-6,8-15,17,20-21,39H2,1H3,(H,40,48). The summed E-state index contributed by atoms with van der Waals surface area (Å²) in [6.07, 6.45) is -1.000. The number of thiophene rings is 1. The summed E-state index contributed by atoms with van der Waals surface area (Å²) >= 11 is 7.74. The van der Waals surface area contributed by atoms with Crippen LogP contribution < -0.4 is 11.1 Å². The van der Waals surface area contributed by atoms with Crippen LogP contribution in [0.25, 0.3) is 0 Å². The lowest BCUT2D eigenvalue weighted by atomic mass is 9.91. The summed E-state index contributed by atoms with van der Waals surface area (Å²) in [5.41, 5.74) is 5.14. The Bertz CT molecular complexity index is 1520. The topological polar surface area (TPSA) is 105 Å². The molecule has 4 amide bonds. The van der Waals surface area contributed by atoms with Gasteiger partial charge >= 0.3 is 12.2 Å². The van der Waals surface area contributed by atoms with Crippen molar-refractivity contribution in [2.75, 3.05) is 70.5 Å². The number of carbonyl (C=O) groups is 3. The molecule has 3 fully saturated rings. The fourth-order valence-corrected chi connectivity index (χ4v) is 8.82. The van der Waals surface area contributed by atoms with Crippen molar-refractivity contribution >= 4 is 52.2 Å². The monoisotopic (exact) mass is 723 g/mol. The summed E-state index contributed by atoms with van der Waals surface area (Å²) in [7, 11) is 2.13. The third-order valence-corrected chi connectivity index (χ3v) is 11.8. The molecule has 6 rings (SSSR count). The molecule has 3 N–H and O–H groups in total. The van der Waals surface area contributed by atoms with E-state index in [-0.39, 0.29) is 47.3 Å². The minimum Gasteiger partial charge on any atom is -0.397 e. The van der Waals surface area contributed by atoms with Gasteiger partial charge < -0.3 is 30.7 Å². The third kappa shape index (κ3) is 8.29. The second kappa shape index (κ2) is 15.0. The number of carbonyl (C=O) groups excluding carboxylic acids is 3. The Labute approximate surface area is 294 Å². The zero-order chi connectivity index (χ0) is 34.9. The fourth-order valence-electron chi connectivity index (χ4n) is 7.75. The van der Waals surface area contributed by atoms with E-state index >= 15 is 0 Å². The molecule has 0 bridgehead atoms. The number of alkyl halides is 3. The van der Waals surface area contributed by atoms with E-state index in [0.29, 0.717) is 51.6 Å². The SMILES string of the molecule is CN1CCCN(C2CCN(C(=O)C(CC(=O)N3CCC(N4Cc5sccc5NC4=O)CC3)Cc3cc(Cl)c(N)c(C(F)(F)F)c3)CC2)CC1. The Morgan fingerprint density at radius 1 is 1.00 bits per heavy atom. The van der Waals surface area contributed by atoms with Crippen LogP contribution >= 0.6 is 22.9 Å². The van der Waals surface area contributed by atoms with Crippen molar-refractivity contribution < 1.29 is 27.6 Å². The molecule has 1 aromatic carbocycles. The number of halogens is 4. The molecule has 4 aliphatic rings. The van der Waals surface area contributed by atoms with Gasteiger partial charge in [0.25, 0.3) is 0 Å². The largest absolute Gasteiger partial charge is 0.418 e. The first-order valence-corrected chi connectivity index (χ1v) is 18.4. The van der Waals surface area contributed by atoms with Crippen LogP contribution in [0.4, 0.5) is 29.3 Å². The highest BCUT2D eigenvalue weighted by molar-refractivity contribution is 7.10. The number of rotatable bonds is 7. The molecule has 10 nitrogen and oxygen atoms in total. The minimum absolute atomic E-state index is 0.0275. The Kier molecular flexibility index (Phi) is 11.0. The lowest BCUT2D eigenvalue weighted by molar-refractivity contribution is -0.143. The minimum atomic E-state index is -4.72. The highest BCUT2D eigenvalue weighted by atomic mass is 35.5.